The van der Waals surface area contributed by atoms with Crippen molar-refractivity contribution in [3.8, 4) is 22.8 Å². The third-order valence-electron chi connectivity index (χ3n) is 4.06. The van der Waals surface area contributed by atoms with Crippen molar-refractivity contribution in [3.05, 3.63) is 73.5 Å². The Kier molecular flexibility index (Phi) is 6.67. The lowest BCUT2D eigenvalue weighted by Gasteiger charge is -2.06. The molecule has 3 aromatic rings. The van der Waals surface area contributed by atoms with E-state index in [2.05, 4.69) is 33.1 Å². The zero-order valence-electron chi connectivity index (χ0n) is 15.9. The molecule has 0 spiro atoms. The van der Waals surface area contributed by atoms with Crippen LogP contribution in [0.4, 0.5) is 5.69 Å². The smallest absolute Gasteiger partial charge is 0.271 e. The Balaban J connectivity index is 1.74. The minimum Gasteiger partial charge on any atom is -0.496 e. The number of nitrogens with one attached hydrogen (secondary N) is 1. The number of nitro benzene ring substituents is 1. The van der Waals surface area contributed by atoms with Gasteiger partial charge in [-0.25, -0.2) is 5.43 Å². The fourth-order valence-electron chi connectivity index (χ4n) is 2.59. The van der Waals surface area contributed by atoms with Gasteiger partial charge < -0.3 is 13.9 Å². The molecular weight excluding hydrogens is 505 g/mol. The van der Waals surface area contributed by atoms with Crippen LogP contribution in [-0.4, -0.2) is 31.3 Å². The number of carbonyl (C=O) groups is 1. The first-order valence-corrected chi connectivity index (χ1v) is 9.60. The Morgan fingerprint density at radius 1 is 1.13 bits per heavy atom. The summed E-state index contributed by atoms with van der Waals surface area (Å²) in [7, 11) is 2.99. The van der Waals surface area contributed by atoms with Crippen molar-refractivity contribution >= 4 is 40.4 Å². The van der Waals surface area contributed by atoms with Crippen LogP contribution in [0.15, 0.2) is 58.0 Å². The summed E-state index contributed by atoms with van der Waals surface area (Å²) in [4.78, 5) is 22.8. The molecule has 0 aliphatic carbocycles. The van der Waals surface area contributed by atoms with E-state index in [4.69, 9.17) is 13.9 Å². The lowest BCUT2D eigenvalue weighted by molar-refractivity contribution is -0.384. The molecule has 0 atom stereocenters. The van der Waals surface area contributed by atoms with Gasteiger partial charge in [0.2, 0.25) is 0 Å². The van der Waals surface area contributed by atoms with Crippen LogP contribution in [0.1, 0.15) is 16.1 Å². The van der Waals surface area contributed by atoms with Gasteiger partial charge in [0.05, 0.1) is 34.5 Å². The zero-order valence-corrected chi connectivity index (χ0v) is 18.1. The van der Waals surface area contributed by atoms with Gasteiger partial charge in [-0.15, -0.1) is 0 Å². The van der Waals surface area contributed by atoms with Crippen LogP contribution in [0.5, 0.6) is 11.5 Å². The molecule has 1 aromatic heterocycles. The van der Waals surface area contributed by atoms with Crippen LogP contribution in [0.25, 0.3) is 11.3 Å². The van der Waals surface area contributed by atoms with Gasteiger partial charge in [-0.2, -0.15) is 5.10 Å². The average Bonchev–Trinajstić information content (AvgIpc) is 3.22. The summed E-state index contributed by atoms with van der Waals surface area (Å²) in [6.07, 6.45) is 1.33. The fourth-order valence-corrected chi connectivity index (χ4v) is 3.14. The number of rotatable bonds is 7. The number of ether oxygens (including phenoxy) is 2. The Hall–Kier alpha value is -3.41. The van der Waals surface area contributed by atoms with Gasteiger partial charge in [0.25, 0.3) is 11.6 Å². The van der Waals surface area contributed by atoms with Gasteiger partial charge >= 0.3 is 0 Å². The van der Waals surface area contributed by atoms with E-state index < -0.39 is 10.8 Å². The largest absolute Gasteiger partial charge is 0.496 e. The number of hydrogen-bond acceptors (Lipinski definition) is 7. The Morgan fingerprint density at radius 2 is 1.90 bits per heavy atom. The predicted octanol–water partition coefficient (Wildman–Crippen LogP) is 4.24. The van der Waals surface area contributed by atoms with Crippen LogP contribution in [0.3, 0.4) is 0 Å². The highest BCUT2D eigenvalue weighted by Gasteiger charge is 2.15. The second-order valence-corrected chi connectivity index (χ2v) is 7.05. The molecule has 1 amide bonds. The average molecular weight is 521 g/mol. The molecule has 30 heavy (non-hydrogen) atoms. The number of amides is 1. The fraction of sp³-hybridized carbons (Fsp3) is 0.100. The molecule has 0 bridgehead atoms. The maximum absolute atomic E-state index is 12.2. The third kappa shape index (κ3) is 4.76. The molecule has 0 saturated heterocycles. The number of nitrogens with zero attached hydrogens (tertiary/aromatic N) is 2. The van der Waals surface area contributed by atoms with Crippen molar-refractivity contribution in [2.24, 2.45) is 5.10 Å². The van der Waals surface area contributed by atoms with Crippen LogP contribution in [-0.2, 0) is 0 Å². The molecular formula is C20H16IN3O6. The number of benzene rings is 2. The van der Waals surface area contributed by atoms with E-state index in [1.54, 1.807) is 30.3 Å². The van der Waals surface area contributed by atoms with E-state index in [0.717, 1.165) is 3.57 Å². The molecule has 0 aliphatic rings. The Morgan fingerprint density at radius 3 is 2.60 bits per heavy atom. The summed E-state index contributed by atoms with van der Waals surface area (Å²) in [5.74, 6) is 1.33. The number of non-ortho nitro benzene ring substituents is 1. The molecule has 0 radical (unpaired) electrons. The quantitative estimate of drug-likeness (QED) is 0.215. The van der Waals surface area contributed by atoms with Gasteiger partial charge in [0.15, 0.2) is 0 Å². The summed E-state index contributed by atoms with van der Waals surface area (Å²) < 4.78 is 17.0. The Labute approximate surface area is 185 Å². The van der Waals surface area contributed by atoms with Crippen molar-refractivity contribution in [3.63, 3.8) is 0 Å². The van der Waals surface area contributed by atoms with Gasteiger partial charge in [-0.3, -0.25) is 14.9 Å². The van der Waals surface area contributed by atoms with E-state index in [1.165, 1.54) is 38.6 Å². The number of hydrazone groups is 1. The van der Waals surface area contributed by atoms with Gasteiger partial charge in [0.1, 0.15) is 23.0 Å². The maximum Gasteiger partial charge on any atom is 0.271 e. The molecule has 154 valence electrons. The first-order valence-electron chi connectivity index (χ1n) is 8.52. The van der Waals surface area contributed by atoms with E-state index in [9.17, 15) is 14.9 Å². The van der Waals surface area contributed by atoms with Crippen molar-refractivity contribution in [2.75, 3.05) is 14.2 Å². The summed E-state index contributed by atoms with van der Waals surface area (Å²) in [6, 6.07) is 12.5. The molecule has 9 nitrogen and oxygen atoms in total. The molecule has 10 heteroatoms. The molecule has 0 saturated carbocycles. The summed E-state index contributed by atoms with van der Waals surface area (Å²) in [5.41, 5.74) is 3.15. The van der Waals surface area contributed by atoms with E-state index >= 15 is 0 Å². The van der Waals surface area contributed by atoms with Gasteiger partial charge in [-0.05, 0) is 59.0 Å². The number of methoxy groups -OCH3 is 2. The second-order valence-electron chi connectivity index (χ2n) is 5.89. The number of hydrogen-bond donors (Lipinski definition) is 1. The first kappa shape index (κ1) is 21.3. The van der Waals surface area contributed by atoms with E-state index in [-0.39, 0.29) is 5.69 Å². The topological polar surface area (TPSA) is 116 Å². The highest BCUT2D eigenvalue weighted by Crippen LogP contribution is 2.34. The lowest BCUT2D eigenvalue weighted by Crippen LogP contribution is -2.17. The lowest BCUT2D eigenvalue weighted by atomic mass is 10.1. The van der Waals surface area contributed by atoms with Gasteiger partial charge in [-0.1, -0.05) is 0 Å². The third-order valence-corrected chi connectivity index (χ3v) is 4.95. The monoisotopic (exact) mass is 521 g/mol. The first-order chi connectivity index (χ1) is 14.4. The highest BCUT2D eigenvalue weighted by atomic mass is 127. The molecule has 0 fully saturated rings. The van der Waals surface area contributed by atoms with Crippen molar-refractivity contribution < 1.29 is 23.6 Å². The number of carbonyl (C=O) groups excluding carboxylic acids is 1. The second kappa shape index (κ2) is 9.39. The van der Waals surface area contributed by atoms with Gasteiger partial charge in [0, 0.05) is 17.7 Å². The van der Waals surface area contributed by atoms with E-state index in [0.29, 0.717) is 34.1 Å². The maximum atomic E-state index is 12.2. The molecule has 1 heterocycles. The van der Waals surface area contributed by atoms with Crippen LogP contribution >= 0.6 is 22.6 Å². The van der Waals surface area contributed by atoms with Crippen LogP contribution in [0, 0.1) is 13.7 Å². The molecule has 3 rings (SSSR count). The SMILES string of the molecule is COc1cc(C(=O)N/N=C\c2ccc(-c3cc([N+](=O)[O-])ccc3OC)o2)ccc1I. The standard InChI is InChI=1S/C20H16IN3O6/c1-28-17-7-4-13(24(26)27)10-15(17)18-8-5-14(30-18)11-22-23-20(25)12-3-6-16(21)19(9-12)29-2/h3-11H,1-2H3,(H,23,25)/b22-11-. The minimum absolute atomic E-state index is 0.0855. The summed E-state index contributed by atoms with van der Waals surface area (Å²) in [6.45, 7) is 0. The molecule has 2 aromatic carbocycles. The van der Waals surface area contributed by atoms with Crippen LogP contribution in [0.2, 0.25) is 0 Å². The predicted molar refractivity (Wildman–Crippen MR) is 118 cm³/mol. The van der Waals surface area contributed by atoms with E-state index in [1.807, 2.05) is 0 Å². The molecule has 0 aliphatic heterocycles. The van der Waals surface area contributed by atoms with Crippen LogP contribution < -0.4 is 14.9 Å². The molecule has 0 unspecified atom stereocenters. The Bertz CT molecular complexity index is 1130. The van der Waals surface area contributed by atoms with Crippen molar-refractivity contribution in [1.29, 1.82) is 0 Å². The minimum atomic E-state index is -0.497. The van der Waals surface area contributed by atoms with Crippen molar-refractivity contribution in [1.82, 2.24) is 5.43 Å². The number of nitro groups is 1. The normalized spacial score (nSPS) is 10.8. The highest BCUT2D eigenvalue weighted by molar-refractivity contribution is 14.1. The summed E-state index contributed by atoms with van der Waals surface area (Å²) in [5, 5.41) is 14.9. The number of furan rings is 1. The summed E-state index contributed by atoms with van der Waals surface area (Å²) >= 11 is 2.11. The molecule has 1 N–H and O–H groups in total. The zero-order chi connectivity index (χ0) is 21.7. The van der Waals surface area contributed by atoms with Crippen molar-refractivity contribution in [2.45, 2.75) is 0 Å². The number of halogens is 1.